The third kappa shape index (κ3) is 5.85. The molecule has 0 unspecified atom stereocenters. The second-order valence-corrected chi connectivity index (χ2v) is 5.18. The number of aromatic nitrogens is 2. The molecule has 0 amide bonds. The number of rotatable bonds is 8. The van der Waals surface area contributed by atoms with E-state index in [9.17, 15) is 13.2 Å². The Morgan fingerprint density at radius 2 is 1.85 bits per heavy atom. The SMILES string of the molecule is CNc1cc(NCCCCCSC)nc(C(F)(F)F)n1. The molecule has 0 spiro atoms. The van der Waals surface area contributed by atoms with E-state index < -0.39 is 12.0 Å². The number of hydrogen-bond acceptors (Lipinski definition) is 5. The van der Waals surface area contributed by atoms with E-state index in [1.165, 1.54) is 13.1 Å². The average molecular weight is 308 g/mol. The van der Waals surface area contributed by atoms with Crippen molar-refractivity contribution in [3.8, 4) is 0 Å². The Morgan fingerprint density at radius 1 is 1.15 bits per heavy atom. The number of nitrogens with zero attached hydrogens (tertiary/aromatic N) is 2. The fraction of sp³-hybridized carbons (Fsp3) is 0.667. The van der Waals surface area contributed by atoms with Crippen molar-refractivity contribution >= 4 is 23.4 Å². The van der Waals surface area contributed by atoms with E-state index in [0.29, 0.717) is 6.54 Å². The maximum absolute atomic E-state index is 12.6. The lowest BCUT2D eigenvalue weighted by atomic mass is 10.2. The molecule has 0 aliphatic carbocycles. The molecule has 0 saturated heterocycles. The van der Waals surface area contributed by atoms with Gasteiger partial charge >= 0.3 is 6.18 Å². The van der Waals surface area contributed by atoms with Crippen molar-refractivity contribution < 1.29 is 13.2 Å². The second-order valence-electron chi connectivity index (χ2n) is 4.19. The van der Waals surface area contributed by atoms with E-state index in [2.05, 4.69) is 26.9 Å². The van der Waals surface area contributed by atoms with Crippen molar-refractivity contribution in [2.24, 2.45) is 0 Å². The molecule has 1 aromatic heterocycles. The first-order chi connectivity index (χ1) is 9.47. The fourth-order valence-electron chi connectivity index (χ4n) is 1.56. The zero-order chi connectivity index (χ0) is 15.0. The minimum absolute atomic E-state index is 0.150. The van der Waals surface area contributed by atoms with Crippen LogP contribution in [0.2, 0.25) is 0 Å². The summed E-state index contributed by atoms with van der Waals surface area (Å²) in [7, 11) is 1.52. The lowest BCUT2D eigenvalue weighted by molar-refractivity contribution is -0.144. The molecular weight excluding hydrogens is 289 g/mol. The second kappa shape index (κ2) is 8.18. The highest BCUT2D eigenvalue weighted by Gasteiger charge is 2.35. The molecule has 0 aliphatic heterocycles. The summed E-state index contributed by atoms with van der Waals surface area (Å²) < 4.78 is 37.9. The van der Waals surface area contributed by atoms with Gasteiger partial charge in [0.05, 0.1) is 0 Å². The third-order valence-electron chi connectivity index (χ3n) is 2.57. The maximum atomic E-state index is 12.6. The Morgan fingerprint density at radius 3 is 2.45 bits per heavy atom. The molecule has 0 saturated carbocycles. The molecule has 0 fully saturated rings. The number of thioether (sulfide) groups is 1. The van der Waals surface area contributed by atoms with Gasteiger partial charge < -0.3 is 10.6 Å². The molecule has 0 bridgehead atoms. The van der Waals surface area contributed by atoms with Crippen LogP contribution in [0.3, 0.4) is 0 Å². The highest BCUT2D eigenvalue weighted by atomic mass is 32.2. The predicted molar refractivity (Wildman–Crippen MR) is 77.3 cm³/mol. The van der Waals surface area contributed by atoms with Gasteiger partial charge in [0, 0.05) is 19.7 Å². The van der Waals surface area contributed by atoms with Crippen molar-refractivity contribution in [2.45, 2.75) is 25.4 Å². The molecule has 8 heteroatoms. The summed E-state index contributed by atoms with van der Waals surface area (Å²) in [5, 5.41) is 5.52. The monoisotopic (exact) mass is 308 g/mol. The largest absolute Gasteiger partial charge is 0.451 e. The van der Waals surface area contributed by atoms with Crippen LogP contribution >= 0.6 is 11.8 Å². The lowest BCUT2D eigenvalue weighted by Crippen LogP contribution is -2.15. The Bertz CT molecular complexity index is 412. The molecule has 0 aromatic carbocycles. The lowest BCUT2D eigenvalue weighted by Gasteiger charge is -2.11. The van der Waals surface area contributed by atoms with Crippen LogP contribution < -0.4 is 10.6 Å². The van der Waals surface area contributed by atoms with Crippen LogP contribution in [0.5, 0.6) is 0 Å². The molecule has 20 heavy (non-hydrogen) atoms. The number of halogens is 3. The van der Waals surface area contributed by atoms with Crippen molar-refractivity contribution in [1.29, 1.82) is 0 Å². The summed E-state index contributed by atoms with van der Waals surface area (Å²) in [5.74, 6) is 0.323. The molecule has 0 atom stereocenters. The minimum atomic E-state index is -4.54. The minimum Gasteiger partial charge on any atom is -0.373 e. The van der Waals surface area contributed by atoms with Gasteiger partial charge in [0.25, 0.3) is 0 Å². The van der Waals surface area contributed by atoms with Crippen LogP contribution in [0.15, 0.2) is 6.07 Å². The fourth-order valence-corrected chi connectivity index (χ4v) is 2.05. The van der Waals surface area contributed by atoms with Crippen LogP contribution in [0.1, 0.15) is 25.1 Å². The van der Waals surface area contributed by atoms with Gasteiger partial charge in [0.1, 0.15) is 11.6 Å². The van der Waals surface area contributed by atoms with Gasteiger partial charge in [0.15, 0.2) is 0 Å². The number of unbranched alkanes of at least 4 members (excludes halogenated alkanes) is 2. The van der Waals surface area contributed by atoms with Gasteiger partial charge in [-0.3, -0.25) is 0 Å². The Labute approximate surface area is 121 Å². The summed E-state index contributed by atoms with van der Waals surface area (Å²) in [4.78, 5) is 6.90. The van der Waals surface area contributed by atoms with Crippen molar-refractivity contribution in [3.05, 3.63) is 11.9 Å². The average Bonchev–Trinajstić information content (AvgIpc) is 2.41. The van der Waals surface area contributed by atoms with Crippen molar-refractivity contribution in [3.63, 3.8) is 0 Å². The Hall–Kier alpha value is -1.18. The van der Waals surface area contributed by atoms with Crippen molar-refractivity contribution in [2.75, 3.05) is 36.2 Å². The van der Waals surface area contributed by atoms with Gasteiger partial charge in [-0.05, 0) is 24.9 Å². The zero-order valence-corrected chi connectivity index (χ0v) is 12.4. The highest BCUT2D eigenvalue weighted by molar-refractivity contribution is 7.98. The molecule has 1 heterocycles. The standard InChI is InChI=1S/C12H19F3N4S/c1-16-9-8-10(17-6-4-3-5-7-20-2)19-11(18-9)12(13,14)15/h8H,3-7H2,1-2H3,(H2,16,17,18,19). The first-order valence-corrected chi connectivity index (χ1v) is 7.73. The van der Waals surface area contributed by atoms with Crippen LogP contribution in [-0.2, 0) is 6.18 Å². The number of alkyl halides is 3. The van der Waals surface area contributed by atoms with E-state index in [0.717, 1.165) is 25.0 Å². The number of nitrogens with one attached hydrogen (secondary N) is 2. The summed E-state index contributed by atoms with van der Waals surface area (Å²) in [6.45, 7) is 0.603. The summed E-state index contributed by atoms with van der Waals surface area (Å²) in [6.07, 6.45) is 0.575. The van der Waals surface area contributed by atoms with Gasteiger partial charge in [-0.2, -0.15) is 24.9 Å². The van der Waals surface area contributed by atoms with Crippen LogP contribution in [0.4, 0.5) is 24.8 Å². The molecule has 0 radical (unpaired) electrons. The van der Waals surface area contributed by atoms with Gasteiger partial charge in [-0.25, -0.2) is 9.97 Å². The summed E-state index contributed by atoms with van der Waals surface area (Å²) in [5.41, 5.74) is 0. The van der Waals surface area contributed by atoms with Crippen molar-refractivity contribution in [1.82, 2.24) is 9.97 Å². The highest BCUT2D eigenvalue weighted by Crippen LogP contribution is 2.28. The number of anilines is 2. The smallest absolute Gasteiger partial charge is 0.373 e. The third-order valence-corrected chi connectivity index (χ3v) is 3.26. The summed E-state index contributed by atoms with van der Waals surface area (Å²) in [6, 6.07) is 1.47. The van der Waals surface area contributed by atoms with Crippen LogP contribution in [0.25, 0.3) is 0 Å². The first-order valence-electron chi connectivity index (χ1n) is 6.34. The van der Waals surface area contributed by atoms with E-state index in [1.807, 2.05) is 0 Å². The molecular formula is C12H19F3N4S. The first kappa shape index (κ1) is 16.9. The Kier molecular flexibility index (Phi) is 6.90. The van der Waals surface area contributed by atoms with Crippen LogP contribution in [0, 0.1) is 0 Å². The quantitative estimate of drug-likeness (QED) is 0.720. The van der Waals surface area contributed by atoms with Gasteiger partial charge in [0.2, 0.25) is 5.82 Å². The Balaban J connectivity index is 2.56. The molecule has 1 aromatic rings. The summed E-state index contributed by atoms with van der Waals surface area (Å²) >= 11 is 1.79. The molecule has 0 aliphatic rings. The number of hydrogen-bond donors (Lipinski definition) is 2. The molecule has 2 N–H and O–H groups in total. The van der Waals surface area contributed by atoms with E-state index >= 15 is 0 Å². The molecule has 4 nitrogen and oxygen atoms in total. The predicted octanol–water partition coefficient (Wildman–Crippen LogP) is 3.48. The van der Waals surface area contributed by atoms with E-state index in [-0.39, 0.29) is 11.6 Å². The van der Waals surface area contributed by atoms with E-state index in [1.54, 1.807) is 11.8 Å². The van der Waals surface area contributed by atoms with Gasteiger partial charge in [-0.1, -0.05) is 6.42 Å². The molecule has 114 valence electrons. The normalized spacial score (nSPS) is 11.4. The van der Waals surface area contributed by atoms with Gasteiger partial charge in [-0.15, -0.1) is 0 Å². The van der Waals surface area contributed by atoms with E-state index in [4.69, 9.17) is 0 Å². The maximum Gasteiger partial charge on any atom is 0.451 e. The van der Waals surface area contributed by atoms with Crippen LogP contribution in [-0.4, -0.2) is 35.6 Å². The molecule has 1 rings (SSSR count). The zero-order valence-electron chi connectivity index (χ0n) is 11.5. The topological polar surface area (TPSA) is 49.8 Å².